The second kappa shape index (κ2) is 11.4. The minimum atomic E-state index is -3.21. The highest BCUT2D eigenvalue weighted by Crippen LogP contribution is 2.20. The number of ether oxygens (including phenoxy) is 1. The van der Waals surface area contributed by atoms with Crippen molar-refractivity contribution in [2.24, 2.45) is 4.99 Å². The highest BCUT2D eigenvalue weighted by molar-refractivity contribution is 7.89. The molecule has 2 N–H and O–H groups in total. The van der Waals surface area contributed by atoms with Crippen LogP contribution in [-0.2, 0) is 26.9 Å². The van der Waals surface area contributed by atoms with E-state index in [-0.39, 0.29) is 12.3 Å². The fraction of sp³-hybridized carbons (Fsp3) is 0.650. The van der Waals surface area contributed by atoms with Crippen molar-refractivity contribution < 1.29 is 17.5 Å². The molecule has 0 amide bonds. The smallest absolute Gasteiger partial charge is 0.191 e. The van der Waals surface area contributed by atoms with E-state index in [0.29, 0.717) is 29.7 Å². The van der Waals surface area contributed by atoms with Gasteiger partial charge in [-0.3, -0.25) is 0 Å². The van der Waals surface area contributed by atoms with E-state index in [1.54, 1.807) is 0 Å². The number of sulfone groups is 1. The quantitative estimate of drug-likeness (QED) is 0.350. The number of hydrogen-bond donors (Lipinski definition) is 2. The number of hydrogen-bond acceptors (Lipinski definition) is 4. The Morgan fingerprint density at radius 1 is 1.25 bits per heavy atom. The molecule has 28 heavy (non-hydrogen) atoms. The van der Waals surface area contributed by atoms with Crippen LogP contribution in [0.25, 0.3) is 0 Å². The van der Waals surface area contributed by atoms with E-state index in [1.807, 2.05) is 6.92 Å². The van der Waals surface area contributed by atoms with Crippen molar-refractivity contribution in [3.8, 4) is 0 Å². The maximum Gasteiger partial charge on any atom is 0.191 e. The Kier molecular flexibility index (Phi) is 9.18. The van der Waals surface area contributed by atoms with Gasteiger partial charge in [0, 0.05) is 26.0 Å². The van der Waals surface area contributed by atoms with Crippen LogP contribution in [0.4, 0.5) is 4.39 Å². The summed E-state index contributed by atoms with van der Waals surface area (Å²) in [5.41, 5.74) is 1.15. The first-order valence-electron chi connectivity index (χ1n) is 9.96. The average molecular weight is 414 g/mol. The van der Waals surface area contributed by atoms with Crippen molar-refractivity contribution in [1.29, 1.82) is 0 Å². The number of aliphatic imine (C=N–C) groups is 1. The Bertz CT molecular complexity index is 747. The first-order valence-corrected chi connectivity index (χ1v) is 12.0. The molecule has 1 aromatic rings. The lowest BCUT2D eigenvalue weighted by atomic mass is 10.1. The maximum atomic E-state index is 13.6. The van der Waals surface area contributed by atoms with Gasteiger partial charge >= 0.3 is 0 Å². The standard InChI is InChI=1S/C20H32FN3O3S/c1-3-22-20(23-11-6-12-27-19-7-4-5-8-19)24-14-17-13-18(21)10-9-16(17)15-28(2,25)26/h9-10,13,19H,3-8,11-12,14-15H2,1-2H3,(H2,22,23,24). The zero-order valence-electron chi connectivity index (χ0n) is 16.8. The highest BCUT2D eigenvalue weighted by Gasteiger charge is 2.14. The van der Waals surface area contributed by atoms with Gasteiger partial charge in [-0.05, 0) is 49.4 Å². The summed E-state index contributed by atoms with van der Waals surface area (Å²) in [5.74, 6) is 0.100. The number of rotatable bonds is 10. The van der Waals surface area contributed by atoms with E-state index >= 15 is 0 Å². The summed E-state index contributed by atoms with van der Waals surface area (Å²) in [6, 6.07) is 4.15. The lowest BCUT2D eigenvalue weighted by Crippen LogP contribution is -2.38. The molecule has 6 nitrogen and oxygen atoms in total. The Labute approximate surface area is 167 Å². The van der Waals surface area contributed by atoms with Gasteiger partial charge in [-0.2, -0.15) is 0 Å². The van der Waals surface area contributed by atoms with Crippen molar-refractivity contribution in [3.05, 3.63) is 35.1 Å². The van der Waals surface area contributed by atoms with Crippen LogP contribution in [0.5, 0.6) is 0 Å². The summed E-state index contributed by atoms with van der Waals surface area (Å²) in [5, 5.41) is 6.40. The molecule has 0 atom stereocenters. The normalized spacial score (nSPS) is 15.8. The second-order valence-corrected chi connectivity index (χ2v) is 9.38. The molecule has 0 spiro atoms. The van der Waals surface area contributed by atoms with E-state index in [0.717, 1.165) is 19.6 Å². The molecule has 0 heterocycles. The predicted octanol–water partition coefficient (Wildman–Crippen LogP) is 2.77. The predicted molar refractivity (Wildman–Crippen MR) is 111 cm³/mol. The molecule has 158 valence electrons. The molecule has 1 fully saturated rings. The molecule has 0 saturated heterocycles. The number of halogens is 1. The van der Waals surface area contributed by atoms with E-state index in [1.165, 1.54) is 50.1 Å². The van der Waals surface area contributed by atoms with Gasteiger partial charge in [0.05, 0.1) is 18.4 Å². The molecule has 0 radical (unpaired) electrons. The molecule has 1 saturated carbocycles. The summed E-state index contributed by atoms with van der Waals surface area (Å²) in [4.78, 5) is 4.48. The van der Waals surface area contributed by atoms with Crippen LogP contribution in [0.1, 0.15) is 50.2 Å². The lowest BCUT2D eigenvalue weighted by Gasteiger charge is -2.14. The minimum Gasteiger partial charge on any atom is -0.378 e. The third-order valence-electron chi connectivity index (χ3n) is 4.61. The zero-order valence-corrected chi connectivity index (χ0v) is 17.7. The minimum absolute atomic E-state index is 0.124. The van der Waals surface area contributed by atoms with Crippen LogP contribution in [0.2, 0.25) is 0 Å². The molecule has 2 rings (SSSR count). The van der Waals surface area contributed by atoms with Gasteiger partial charge in [-0.1, -0.05) is 18.9 Å². The molecular weight excluding hydrogens is 381 g/mol. The fourth-order valence-electron chi connectivity index (χ4n) is 3.25. The average Bonchev–Trinajstić information content (AvgIpc) is 3.13. The number of nitrogens with one attached hydrogen (secondary N) is 2. The third-order valence-corrected chi connectivity index (χ3v) is 5.44. The third kappa shape index (κ3) is 8.56. The summed E-state index contributed by atoms with van der Waals surface area (Å²) < 4.78 is 42.7. The van der Waals surface area contributed by atoms with Crippen LogP contribution < -0.4 is 10.6 Å². The number of benzene rings is 1. The van der Waals surface area contributed by atoms with E-state index in [4.69, 9.17) is 4.74 Å². The molecule has 8 heteroatoms. The van der Waals surface area contributed by atoms with Gasteiger partial charge in [0.2, 0.25) is 0 Å². The summed E-state index contributed by atoms with van der Waals surface area (Å²) >= 11 is 0. The monoisotopic (exact) mass is 413 g/mol. The van der Waals surface area contributed by atoms with Crippen molar-refractivity contribution in [2.75, 3.05) is 26.0 Å². The Morgan fingerprint density at radius 2 is 2.00 bits per heavy atom. The van der Waals surface area contributed by atoms with Crippen molar-refractivity contribution in [2.45, 2.75) is 57.4 Å². The first kappa shape index (κ1) is 22.6. The topological polar surface area (TPSA) is 79.8 Å². The van der Waals surface area contributed by atoms with Gasteiger partial charge in [0.1, 0.15) is 5.82 Å². The number of guanidine groups is 1. The van der Waals surface area contributed by atoms with Gasteiger partial charge in [-0.25, -0.2) is 17.8 Å². The van der Waals surface area contributed by atoms with Crippen molar-refractivity contribution >= 4 is 15.8 Å². The van der Waals surface area contributed by atoms with Gasteiger partial charge < -0.3 is 15.4 Å². The van der Waals surface area contributed by atoms with Crippen LogP contribution >= 0.6 is 0 Å². The van der Waals surface area contributed by atoms with Gasteiger partial charge in [-0.15, -0.1) is 0 Å². The second-order valence-electron chi connectivity index (χ2n) is 7.24. The SMILES string of the molecule is CCNC(=NCc1cc(F)ccc1CS(C)(=O)=O)NCCCOC1CCCC1. The summed E-state index contributed by atoms with van der Waals surface area (Å²) in [6.07, 6.45) is 7.33. The first-order chi connectivity index (χ1) is 13.4. The van der Waals surface area contributed by atoms with Crippen molar-refractivity contribution in [3.63, 3.8) is 0 Å². The van der Waals surface area contributed by atoms with Crippen LogP contribution in [0.15, 0.2) is 23.2 Å². The molecule has 0 aromatic heterocycles. The molecule has 1 aliphatic carbocycles. The van der Waals surface area contributed by atoms with Gasteiger partial charge in [0.25, 0.3) is 0 Å². The maximum absolute atomic E-state index is 13.6. The van der Waals surface area contributed by atoms with E-state index < -0.39 is 15.7 Å². The molecule has 1 aliphatic rings. The molecule has 1 aromatic carbocycles. The van der Waals surface area contributed by atoms with Crippen LogP contribution in [-0.4, -0.2) is 46.4 Å². The van der Waals surface area contributed by atoms with Crippen LogP contribution in [0.3, 0.4) is 0 Å². The Balaban J connectivity index is 1.89. The van der Waals surface area contributed by atoms with E-state index in [2.05, 4.69) is 15.6 Å². The highest BCUT2D eigenvalue weighted by atomic mass is 32.2. The largest absolute Gasteiger partial charge is 0.378 e. The molecule has 0 bridgehead atoms. The van der Waals surface area contributed by atoms with Crippen molar-refractivity contribution in [1.82, 2.24) is 10.6 Å². The Hall–Kier alpha value is -1.67. The van der Waals surface area contributed by atoms with Crippen LogP contribution in [0, 0.1) is 5.82 Å². The zero-order chi connectivity index (χ0) is 20.4. The summed E-state index contributed by atoms with van der Waals surface area (Å²) in [7, 11) is -3.21. The fourth-order valence-corrected chi connectivity index (χ4v) is 4.10. The summed E-state index contributed by atoms with van der Waals surface area (Å²) in [6.45, 7) is 4.31. The molecule has 0 aliphatic heterocycles. The Morgan fingerprint density at radius 3 is 2.68 bits per heavy atom. The lowest BCUT2D eigenvalue weighted by molar-refractivity contribution is 0.0574. The number of nitrogens with zero attached hydrogens (tertiary/aromatic N) is 1. The molecular formula is C20H32FN3O3S. The van der Waals surface area contributed by atoms with Gasteiger partial charge in [0.15, 0.2) is 15.8 Å². The molecule has 0 unspecified atom stereocenters. The van der Waals surface area contributed by atoms with E-state index in [9.17, 15) is 12.8 Å².